The number of benzene rings is 1. The lowest BCUT2D eigenvalue weighted by Gasteiger charge is -2.19. The molecular formula is C14H18N2O. The molecule has 2 aliphatic rings. The van der Waals surface area contributed by atoms with E-state index in [-0.39, 0.29) is 11.9 Å². The molecule has 3 heteroatoms. The van der Waals surface area contributed by atoms with E-state index in [0.717, 1.165) is 12.1 Å². The number of nitrogens with zero attached hydrogens (tertiary/aromatic N) is 1. The molecule has 1 aliphatic carbocycles. The van der Waals surface area contributed by atoms with Crippen molar-refractivity contribution in [3.05, 3.63) is 35.9 Å². The lowest BCUT2D eigenvalue weighted by molar-refractivity contribution is -0.129. The molecule has 1 saturated heterocycles. The van der Waals surface area contributed by atoms with Crippen LogP contribution in [0.5, 0.6) is 0 Å². The Morgan fingerprint density at radius 1 is 1.35 bits per heavy atom. The molecule has 1 saturated carbocycles. The predicted octanol–water partition coefficient (Wildman–Crippen LogP) is 1.92. The van der Waals surface area contributed by atoms with Gasteiger partial charge in [-0.15, -0.1) is 0 Å². The van der Waals surface area contributed by atoms with E-state index in [0.29, 0.717) is 12.1 Å². The fourth-order valence-electron chi connectivity index (χ4n) is 2.42. The molecule has 1 atom stereocenters. The Bertz CT molecular complexity index is 425. The third-order valence-electron chi connectivity index (χ3n) is 3.85. The minimum Gasteiger partial charge on any atom is -0.328 e. The molecule has 1 aromatic rings. The Balaban J connectivity index is 1.71. The molecule has 1 unspecified atom stereocenters. The monoisotopic (exact) mass is 230 g/mol. The van der Waals surface area contributed by atoms with Crippen LogP contribution in [0.1, 0.15) is 31.4 Å². The summed E-state index contributed by atoms with van der Waals surface area (Å²) in [4.78, 5) is 14.2. The molecule has 2 fully saturated rings. The van der Waals surface area contributed by atoms with Crippen molar-refractivity contribution in [2.45, 2.75) is 25.8 Å². The third-order valence-corrected chi connectivity index (χ3v) is 3.85. The highest BCUT2D eigenvalue weighted by atomic mass is 16.2. The molecular weight excluding hydrogens is 212 g/mol. The van der Waals surface area contributed by atoms with E-state index in [1.165, 1.54) is 12.8 Å². The molecule has 1 amide bonds. The molecule has 0 aromatic heterocycles. The number of hydrogen-bond donors (Lipinski definition) is 1. The second-order valence-corrected chi connectivity index (χ2v) is 5.55. The van der Waals surface area contributed by atoms with Crippen molar-refractivity contribution < 1.29 is 4.79 Å². The van der Waals surface area contributed by atoms with Crippen LogP contribution in [0, 0.1) is 5.41 Å². The number of nitrogens with one attached hydrogen (secondary N) is 1. The highest BCUT2D eigenvalue weighted by Gasteiger charge is 2.42. The van der Waals surface area contributed by atoms with Crippen molar-refractivity contribution in [2.75, 3.05) is 13.2 Å². The maximum absolute atomic E-state index is 12.3. The Labute approximate surface area is 102 Å². The van der Waals surface area contributed by atoms with Crippen LogP contribution >= 0.6 is 0 Å². The van der Waals surface area contributed by atoms with E-state index in [9.17, 15) is 4.79 Å². The summed E-state index contributed by atoms with van der Waals surface area (Å²) in [5.74, 6) is 0.226. The summed E-state index contributed by atoms with van der Waals surface area (Å²) in [5.41, 5.74) is 1.46. The Morgan fingerprint density at radius 2 is 2.06 bits per heavy atom. The van der Waals surface area contributed by atoms with Crippen molar-refractivity contribution in [2.24, 2.45) is 5.41 Å². The van der Waals surface area contributed by atoms with Gasteiger partial charge in [-0.2, -0.15) is 0 Å². The Morgan fingerprint density at radius 3 is 2.71 bits per heavy atom. The number of carbonyl (C=O) groups excluding carboxylic acids is 1. The predicted molar refractivity (Wildman–Crippen MR) is 66.2 cm³/mol. The van der Waals surface area contributed by atoms with E-state index in [1.54, 1.807) is 0 Å². The van der Waals surface area contributed by atoms with Gasteiger partial charge < -0.3 is 4.90 Å². The zero-order valence-electron chi connectivity index (χ0n) is 10.1. The largest absolute Gasteiger partial charge is 0.328 e. The minimum atomic E-state index is -0.140. The first-order valence-corrected chi connectivity index (χ1v) is 6.25. The molecule has 1 heterocycles. The molecule has 90 valence electrons. The maximum Gasteiger partial charge on any atom is 0.245 e. The van der Waals surface area contributed by atoms with Gasteiger partial charge in [-0.05, 0) is 23.8 Å². The lowest BCUT2D eigenvalue weighted by atomic mass is 10.1. The fourth-order valence-corrected chi connectivity index (χ4v) is 2.42. The zero-order valence-corrected chi connectivity index (χ0v) is 10.1. The lowest BCUT2D eigenvalue weighted by Crippen LogP contribution is -2.32. The number of amides is 1. The van der Waals surface area contributed by atoms with Crippen LogP contribution in [-0.4, -0.2) is 24.0 Å². The van der Waals surface area contributed by atoms with Gasteiger partial charge in [-0.3, -0.25) is 10.1 Å². The first-order chi connectivity index (χ1) is 8.18. The van der Waals surface area contributed by atoms with Crippen LogP contribution in [-0.2, 0) is 4.79 Å². The van der Waals surface area contributed by atoms with Crippen molar-refractivity contribution in [1.82, 2.24) is 10.2 Å². The standard InChI is InChI=1S/C14H18N2O/c1-14(7-8-14)9-16-10-15-12(13(16)17)11-5-3-2-4-6-11/h2-6,12,15H,7-10H2,1H3. The highest BCUT2D eigenvalue weighted by Crippen LogP contribution is 2.46. The van der Waals surface area contributed by atoms with Gasteiger partial charge in [0.1, 0.15) is 6.04 Å². The first-order valence-electron chi connectivity index (χ1n) is 6.25. The molecule has 0 radical (unpaired) electrons. The highest BCUT2D eigenvalue weighted by molar-refractivity contribution is 5.85. The quantitative estimate of drug-likeness (QED) is 0.860. The summed E-state index contributed by atoms with van der Waals surface area (Å²) >= 11 is 0. The first kappa shape index (κ1) is 10.8. The molecule has 3 rings (SSSR count). The van der Waals surface area contributed by atoms with E-state index in [1.807, 2.05) is 35.2 Å². The van der Waals surface area contributed by atoms with Crippen LogP contribution in [0.15, 0.2) is 30.3 Å². The van der Waals surface area contributed by atoms with Gasteiger partial charge in [-0.25, -0.2) is 0 Å². The van der Waals surface area contributed by atoms with Gasteiger partial charge in [0.15, 0.2) is 0 Å². The number of hydrogen-bond acceptors (Lipinski definition) is 2. The Hall–Kier alpha value is -1.35. The normalized spacial score (nSPS) is 26.3. The van der Waals surface area contributed by atoms with Crippen LogP contribution in [0.2, 0.25) is 0 Å². The fraction of sp³-hybridized carbons (Fsp3) is 0.500. The average molecular weight is 230 g/mol. The van der Waals surface area contributed by atoms with Gasteiger partial charge >= 0.3 is 0 Å². The van der Waals surface area contributed by atoms with Crippen molar-refractivity contribution >= 4 is 5.91 Å². The summed E-state index contributed by atoms with van der Waals surface area (Å²) in [6.45, 7) is 3.85. The number of rotatable bonds is 3. The van der Waals surface area contributed by atoms with Crippen molar-refractivity contribution in [1.29, 1.82) is 0 Å². The summed E-state index contributed by atoms with van der Waals surface area (Å²) in [6, 6.07) is 9.82. The maximum atomic E-state index is 12.3. The molecule has 1 N–H and O–H groups in total. The smallest absolute Gasteiger partial charge is 0.245 e. The zero-order chi connectivity index (χ0) is 11.9. The Kier molecular flexibility index (Phi) is 2.44. The van der Waals surface area contributed by atoms with Crippen LogP contribution in [0.4, 0.5) is 0 Å². The van der Waals surface area contributed by atoms with E-state index < -0.39 is 0 Å². The van der Waals surface area contributed by atoms with E-state index >= 15 is 0 Å². The summed E-state index contributed by atoms with van der Waals surface area (Å²) in [5, 5.41) is 3.30. The topological polar surface area (TPSA) is 32.3 Å². The van der Waals surface area contributed by atoms with Gasteiger partial charge in [0, 0.05) is 6.54 Å². The van der Waals surface area contributed by atoms with Crippen molar-refractivity contribution in [3.8, 4) is 0 Å². The summed E-state index contributed by atoms with van der Waals surface area (Å²) < 4.78 is 0. The van der Waals surface area contributed by atoms with Gasteiger partial charge in [0.05, 0.1) is 6.67 Å². The molecule has 3 nitrogen and oxygen atoms in total. The van der Waals surface area contributed by atoms with Gasteiger partial charge in [-0.1, -0.05) is 37.3 Å². The third kappa shape index (κ3) is 2.07. The molecule has 17 heavy (non-hydrogen) atoms. The molecule has 0 spiro atoms. The van der Waals surface area contributed by atoms with Crippen LogP contribution < -0.4 is 5.32 Å². The van der Waals surface area contributed by atoms with Crippen LogP contribution in [0.25, 0.3) is 0 Å². The SMILES string of the molecule is CC1(CN2CNC(c3ccccc3)C2=O)CC1. The second kappa shape index (κ2) is 3.84. The minimum absolute atomic E-state index is 0.140. The molecule has 1 aliphatic heterocycles. The van der Waals surface area contributed by atoms with Gasteiger partial charge in [0.2, 0.25) is 5.91 Å². The summed E-state index contributed by atoms with van der Waals surface area (Å²) in [6.07, 6.45) is 2.51. The van der Waals surface area contributed by atoms with Crippen molar-refractivity contribution in [3.63, 3.8) is 0 Å². The number of carbonyl (C=O) groups is 1. The van der Waals surface area contributed by atoms with Crippen LogP contribution in [0.3, 0.4) is 0 Å². The summed E-state index contributed by atoms with van der Waals surface area (Å²) in [7, 11) is 0. The average Bonchev–Trinajstić information content (AvgIpc) is 2.96. The second-order valence-electron chi connectivity index (χ2n) is 5.55. The van der Waals surface area contributed by atoms with E-state index in [4.69, 9.17) is 0 Å². The molecule has 1 aromatic carbocycles. The van der Waals surface area contributed by atoms with Gasteiger partial charge in [0.25, 0.3) is 0 Å². The van der Waals surface area contributed by atoms with E-state index in [2.05, 4.69) is 12.2 Å². The molecule has 0 bridgehead atoms.